The second-order valence-electron chi connectivity index (χ2n) is 5.46. The first kappa shape index (κ1) is 14.8. The number of hydrogen-bond acceptors (Lipinski definition) is 1. The van der Waals surface area contributed by atoms with Crippen LogP contribution in [0.1, 0.15) is 45.0 Å². The molecule has 106 valence electrons. The van der Waals surface area contributed by atoms with E-state index in [-0.39, 0.29) is 0 Å². The van der Waals surface area contributed by atoms with Crippen LogP contribution in [0.2, 0.25) is 0 Å². The Hall–Kier alpha value is -0.120. The van der Waals surface area contributed by atoms with Crippen molar-refractivity contribution in [3.8, 4) is 0 Å². The molecule has 1 aromatic carbocycles. The SMILES string of the molecule is Brc1ccc(CC(Br)c2cc3c(s2)CCCCC3)cc1. The number of alkyl halides is 1. The van der Waals surface area contributed by atoms with Crippen molar-refractivity contribution in [2.45, 2.75) is 43.4 Å². The molecule has 1 aliphatic carbocycles. The van der Waals surface area contributed by atoms with E-state index in [0.29, 0.717) is 4.83 Å². The van der Waals surface area contributed by atoms with E-state index in [1.165, 1.54) is 42.5 Å². The molecule has 20 heavy (non-hydrogen) atoms. The fourth-order valence-corrected chi connectivity index (χ4v) is 5.06. The van der Waals surface area contributed by atoms with Gasteiger partial charge in [-0.1, -0.05) is 50.4 Å². The van der Waals surface area contributed by atoms with Gasteiger partial charge < -0.3 is 0 Å². The number of hydrogen-bond donors (Lipinski definition) is 0. The maximum absolute atomic E-state index is 3.89. The molecule has 0 amide bonds. The number of aryl methyl sites for hydroxylation is 2. The molecule has 1 atom stereocenters. The van der Waals surface area contributed by atoms with E-state index < -0.39 is 0 Å². The monoisotopic (exact) mass is 412 g/mol. The number of benzene rings is 1. The van der Waals surface area contributed by atoms with Crippen LogP contribution in [0.4, 0.5) is 0 Å². The second-order valence-corrected chi connectivity index (χ2v) is 8.65. The van der Waals surface area contributed by atoms with Gasteiger partial charge in [0.1, 0.15) is 0 Å². The third-order valence-electron chi connectivity index (χ3n) is 3.90. The Morgan fingerprint density at radius 3 is 2.60 bits per heavy atom. The quantitative estimate of drug-likeness (QED) is 0.400. The summed E-state index contributed by atoms with van der Waals surface area (Å²) in [6, 6.07) is 11.1. The zero-order chi connectivity index (χ0) is 13.9. The van der Waals surface area contributed by atoms with Crippen LogP contribution in [0, 0.1) is 0 Å². The number of thiophene rings is 1. The maximum Gasteiger partial charge on any atom is 0.0529 e. The fraction of sp³-hybridized carbons (Fsp3) is 0.412. The minimum atomic E-state index is 0.445. The zero-order valence-corrected chi connectivity index (χ0v) is 15.4. The first-order valence-electron chi connectivity index (χ1n) is 7.22. The molecule has 0 saturated heterocycles. The Morgan fingerprint density at radius 2 is 1.80 bits per heavy atom. The summed E-state index contributed by atoms with van der Waals surface area (Å²) in [4.78, 5) is 3.58. The lowest BCUT2D eigenvalue weighted by molar-refractivity contribution is 0.712. The summed E-state index contributed by atoms with van der Waals surface area (Å²) in [6.45, 7) is 0. The normalized spacial score (nSPS) is 16.5. The van der Waals surface area contributed by atoms with Gasteiger partial charge in [0.25, 0.3) is 0 Å². The first-order valence-corrected chi connectivity index (χ1v) is 9.75. The van der Waals surface area contributed by atoms with Crippen molar-refractivity contribution in [3.05, 3.63) is 55.7 Å². The van der Waals surface area contributed by atoms with E-state index in [2.05, 4.69) is 62.2 Å². The predicted octanol–water partition coefficient (Wildman–Crippen LogP) is 6.46. The van der Waals surface area contributed by atoms with E-state index in [1.54, 1.807) is 10.4 Å². The molecular formula is C17H18Br2S. The molecule has 1 aliphatic rings. The van der Waals surface area contributed by atoms with Gasteiger partial charge in [-0.15, -0.1) is 11.3 Å². The van der Waals surface area contributed by atoms with Crippen LogP contribution >= 0.6 is 43.2 Å². The molecule has 0 saturated carbocycles. The topological polar surface area (TPSA) is 0 Å². The highest BCUT2D eigenvalue weighted by molar-refractivity contribution is 9.10. The lowest BCUT2D eigenvalue weighted by Crippen LogP contribution is -1.92. The predicted molar refractivity (Wildman–Crippen MR) is 95.1 cm³/mol. The highest BCUT2D eigenvalue weighted by atomic mass is 79.9. The smallest absolute Gasteiger partial charge is 0.0529 e. The average Bonchev–Trinajstić information content (AvgIpc) is 2.73. The molecule has 3 rings (SSSR count). The zero-order valence-electron chi connectivity index (χ0n) is 11.4. The summed E-state index contributed by atoms with van der Waals surface area (Å²) in [7, 11) is 0. The fourth-order valence-electron chi connectivity index (χ4n) is 2.77. The van der Waals surface area contributed by atoms with Gasteiger partial charge in [0.05, 0.1) is 4.83 Å². The second kappa shape index (κ2) is 6.76. The average molecular weight is 414 g/mol. The van der Waals surface area contributed by atoms with Gasteiger partial charge in [-0.25, -0.2) is 0 Å². The van der Waals surface area contributed by atoms with E-state index in [1.807, 2.05) is 11.3 Å². The molecule has 0 fully saturated rings. The van der Waals surface area contributed by atoms with Crippen LogP contribution in [-0.4, -0.2) is 0 Å². The Morgan fingerprint density at radius 1 is 1.05 bits per heavy atom. The van der Waals surface area contributed by atoms with Crippen molar-refractivity contribution in [2.75, 3.05) is 0 Å². The standard InChI is InChI=1S/C17H18Br2S/c18-14-8-6-12(7-9-14)10-15(19)17-11-13-4-2-1-3-5-16(13)20-17/h6-9,11,15H,1-5,10H2. The van der Waals surface area contributed by atoms with E-state index in [4.69, 9.17) is 0 Å². The number of rotatable bonds is 3. The molecule has 1 heterocycles. The van der Waals surface area contributed by atoms with Gasteiger partial charge >= 0.3 is 0 Å². The molecule has 1 unspecified atom stereocenters. The van der Waals surface area contributed by atoms with Crippen LogP contribution in [0.25, 0.3) is 0 Å². The Kier molecular flexibility index (Phi) is 5.00. The van der Waals surface area contributed by atoms with Crippen molar-refractivity contribution >= 4 is 43.2 Å². The van der Waals surface area contributed by atoms with Gasteiger partial charge in [-0.05, 0) is 61.4 Å². The molecule has 3 heteroatoms. The Bertz CT molecular complexity index is 548. The highest BCUT2D eigenvalue weighted by Crippen LogP contribution is 2.37. The Balaban J connectivity index is 1.73. The largest absolute Gasteiger partial charge is 0.144 e. The van der Waals surface area contributed by atoms with Crippen molar-refractivity contribution in [1.82, 2.24) is 0 Å². The van der Waals surface area contributed by atoms with E-state index in [9.17, 15) is 0 Å². The molecule has 0 nitrogen and oxygen atoms in total. The summed E-state index contributed by atoms with van der Waals surface area (Å²) < 4.78 is 1.15. The van der Waals surface area contributed by atoms with Gasteiger partial charge in [-0.3, -0.25) is 0 Å². The molecule has 0 bridgehead atoms. The van der Waals surface area contributed by atoms with Crippen molar-refractivity contribution in [1.29, 1.82) is 0 Å². The lowest BCUT2D eigenvalue weighted by Gasteiger charge is -2.08. The maximum atomic E-state index is 3.89. The van der Waals surface area contributed by atoms with Crippen LogP contribution in [-0.2, 0) is 19.3 Å². The van der Waals surface area contributed by atoms with Gasteiger partial charge in [-0.2, -0.15) is 0 Å². The third kappa shape index (κ3) is 3.55. The summed E-state index contributed by atoms with van der Waals surface area (Å²) in [6.07, 6.45) is 7.76. The van der Waals surface area contributed by atoms with E-state index >= 15 is 0 Å². The lowest BCUT2D eigenvalue weighted by atomic mass is 10.1. The molecule has 2 aromatic rings. The third-order valence-corrected chi connectivity index (χ3v) is 6.90. The van der Waals surface area contributed by atoms with Crippen molar-refractivity contribution in [2.24, 2.45) is 0 Å². The van der Waals surface area contributed by atoms with Gasteiger partial charge in [0, 0.05) is 14.2 Å². The summed E-state index contributed by atoms with van der Waals surface area (Å²) in [5.74, 6) is 0. The van der Waals surface area contributed by atoms with E-state index in [0.717, 1.165) is 10.9 Å². The van der Waals surface area contributed by atoms with Crippen LogP contribution in [0.5, 0.6) is 0 Å². The molecule has 0 spiro atoms. The highest BCUT2D eigenvalue weighted by Gasteiger charge is 2.17. The molecule has 0 aliphatic heterocycles. The van der Waals surface area contributed by atoms with Crippen molar-refractivity contribution in [3.63, 3.8) is 0 Å². The van der Waals surface area contributed by atoms with Crippen molar-refractivity contribution < 1.29 is 0 Å². The molecule has 0 N–H and O–H groups in total. The minimum absolute atomic E-state index is 0.445. The van der Waals surface area contributed by atoms with Crippen LogP contribution < -0.4 is 0 Å². The summed E-state index contributed by atoms with van der Waals surface area (Å²) in [5, 5.41) is 0. The van der Waals surface area contributed by atoms with Crippen LogP contribution in [0.15, 0.2) is 34.8 Å². The summed E-state index contributed by atoms with van der Waals surface area (Å²) >= 11 is 9.40. The Labute approximate surface area is 141 Å². The molecule has 1 aromatic heterocycles. The number of fused-ring (bicyclic) bond motifs is 1. The van der Waals surface area contributed by atoms with Gasteiger partial charge in [0.15, 0.2) is 0 Å². The molecule has 0 radical (unpaired) electrons. The first-order chi connectivity index (χ1) is 9.72. The molecular weight excluding hydrogens is 396 g/mol. The van der Waals surface area contributed by atoms with Crippen LogP contribution in [0.3, 0.4) is 0 Å². The minimum Gasteiger partial charge on any atom is -0.144 e. The number of halogens is 2. The van der Waals surface area contributed by atoms with Gasteiger partial charge in [0.2, 0.25) is 0 Å². The summed E-state index contributed by atoms with van der Waals surface area (Å²) in [5.41, 5.74) is 3.00.